The minimum absolute atomic E-state index is 0. The summed E-state index contributed by atoms with van der Waals surface area (Å²) >= 11 is 0. The Bertz CT molecular complexity index is 1600. The van der Waals surface area contributed by atoms with Crippen molar-refractivity contribution >= 4 is 29.9 Å². The molecule has 0 saturated carbocycles. The quantitative estimate of drug-likeness (QED) is 0.103. The number of hydrogen-bond acceptors (Lipinski definition) is 12. The third kappa shape index (κ3) is 20.1. The van der Waals surface area contributed by atoms with Crippen LogP contribution in [0.25, 0.3) is 0 Å². The number of hydrogen-bond donors (Lipinski definition) is 3. The van der Waals surface area contributed by atoms with Crippen LogP contribution in [0.4, 0.5) is 4.79 Å². The number of aliphatic carboxylic acids is 2. The van der Waals surface area contributed by atoms with Gasteiger partial charge in [-0.3, -0.25) is 29.8 Å². The van der Waals surface area contributed by atoms with E-state index < -0.39 is 42.1 Å². The number of carboxylic acids is 2. The van der Waals surface area contributed by atoms with E-state index >= 15 is 0 Å². The van der Waals surface area contributed by atoms with Crippen molar-refractivity contribution in [1.82, 2.24) is 30.4 Å². The monoisotopic (exact) mass is 884 g/mol. The second kappa shape index (κ2) is 28.6. The number of aromatic nitrogens is 2. The Morgan fingerprint density at radius 2 is 1.38 bits per heavy atom. The Labute approximate surface area is 354 Å². The van der Waals surface area contributed by atoms with Crippen LogP contribution in [0.5, 0.6) is 0 Å². The number of nitrogens with one attached hydrogen (secondary N) is 2. The third-order valence-corrected chi connectivity index (χ3v) is 9.70. The summed E-state index contributed by atoms with van der Waals surface area (Å²) in [6.45, 7) is 3.18. The first-order valence-electron chi connectivity index (χ1n) is 19.7. The van der Waals surface area contributed by atoms with Crippen molar-refractivity contribution in [1.29, 1.82) is 0 Å². The average Bonchev–Trinajstić information content (AvgIpc) is 3.70. The van der Waals surface area contributed by atoms with E-state index in [2.05, 4.69) is 25.5 Å². The van der Waals surface area contributed by atoms with Crippen LogP contribution in [-0.2, 0) is 58.8 Å². The number of benzene rings is 1. The normalized spacial score (nSPS) is 14.4. The number of carbonyl (C=O) groups is 5. The van der Waals surface area contributed by atoms with Crippen LogP contribution in [0.3, 0.4) is 0 Å². The largest absolute Gasteiger partial charge is 0.565 e. The van der Waals surface area contributed by atoms with Gasteiger partial charge in [0.25, 0.3) is 0 Å². The second-order valence-electron chi connectivity index (χ2n) is 14.1. The molecule has 1 aliphatic rings. The molecule has 15 nitrogen and oxygen atoms in total. The van der Waals surface area contributed by atoms with Crippen LogP contribution in [0.2, 0.25) is 0 Å². The summed E-state index contributed by atoms with van der Waals surface area (Å²) < 4.78 is 0. The predicted octanol–water partition coefficient (Wildman–Crippen LogP) is 1.44. The summed E-state index contributed by atoms with van der Waals surface area (Å²) in [4.78, 5) is 70.9. The number of rotatable bonds is 25. The van der Waals surface area contributed by atoms with Gasteiger partial charge in [-0.05, 0) is 94.2 Å². The molecule has 1 fully saturated rings. The molecule has 0 unspecified atom stereocenters. The van der Waals surface area contributed by atoms with Gasteiger partial charge in [0, 0.05) is 71.1 Å². The van der Waals surface area contributed by atoms with Gasteiger partial charge >= 0.3 is 0 Å². The number of likely N-dealkylation sites (tertiary alicyclic amines) is 1. The smallest absolute Gasteiger partial charge is 0.249 e. The SMILES string of the molecule is O=C(CCCCCCCN(Cc1ccccn1)Cc1ccccn1)NCCCC[C@H](N[C@@H](CCc1ccccc1)C(=O)[O-])C(=O)N1CCC[C@H]1C(=O)[O-].O=C([O-])O.[Tc]. The van der Waals surface area contributed by atoms with E-state index in [1.165, 1.54) is 4.90 Å². The Morgan fingerprint density at radius 1 is 0.776 bits per heavy atom. The van der Waals surface area contributed by atoms with Crippen molar-refractivity contribution in [2.75, 3.05) is 19.6 Å². The fourth-order valence-corrected chi connectivity index (χ4v) is 6.82. The summed E-state index contributed by atoms with van der Waals surface area (Å²) in [5, 5.41) is 45.0. The minimum atomic E-state index is -2.08. The zero-order chi connectivity index (χ0) is 41.3. The number of pyridine rings is 2. The van der Waals surface area contributed by atoms with E-state index in [-0.39, 0.29) is 39.0 Å². The van der Waals surface area contributed by atoms with Gasteiger partial charge in [0.1, 0.15) is 0 Å². The van der Waals surface area contributed by atoms with Gasteiger partial charge in [0.15, 0.2) is 0 Å². The maximum absolute atomic E-state index is 13.5. The van der Waals surface area contributed by atoms with Crippen LogP contribution in [0.15, 0.2) is 79.1 Å². The molecule has 3 N–H and O–H groups in total. The van der Waals surface area contributed by atoms with E-state index in [1.54, 1.807) is 0 Å². The zero-order valence-electron chi connectivity index (χ0n) is 32.8. The van der Waals surface area contributed by atoms with Gasteiger partial charge in [-0.15, -0.1) is 0 Å². The molecular formula is C42H55N6O9Tc-3. The van der Waals surface area contributed by atoms with Crippen molar-refractivity contribution < 1.29 is 64.5 Å². The summed E-state index contributed by atoms with van der Waals surface area (Å²) in [7, 11) is 0. The van der Waals surface area contributed by atoms with Gasteiger partial charge in [0.2, 0.25) is 18.0 Å². The molecule has 16 heteroatoms. The van der Waals surface area contributed by atoms with Gasteiger partial charge < -0.3 is 45.0 Å². The molecular weight excluding hydrogens is 830 g/mol. The predicted molar refractivity (Wildman–Crippen MR) is 205 cm³/mol. The van der Waals surface area contributed by atoms with E-state index in [9.17, 15) is 29.4 Å². The summed E-state index contributed by atoms with van der Waals surface area (Å²) in [6.07, 6.45) is 9.90. The fourth-order valence-electron chi connectivity index (χ4n) is 6.82. The molecule has 58 heavy (non-hydrogen) atoms. The molecule has 2 aromatic heterocycles. The Hall–Kier alpha value is -4.76. The van der Waals surface area contributed by atoms with E-state index in [4.69, 9.17) is 15.0 Å². The molecule has 4 rings (SSSR count). The van der Waals surface area contributed by atoms with Crippen LogP contribution in [-0.4, -0.2) is 92.5 Å². The topological polar surface area (TPSA) is 231 Å². The Morgan fingerprint density at radius 3 is 1.97 bits per heavy atom. The molecule has 3 atom stereocenters. The summed E-state index contributed by atoms with van der Waals surface area (Å²) in [5.41, 5.74) is 3.03. The van der Waals surface area contributed by atoms with Crippen molar-refractivity contribution in [2.24, 2.45) is 0 Å². The molecule has 0 aliphatic carbocycles. The molecule has 0 bridgehead atoms. The molecule has 2 amide bonds. The second-order valence-corrected chi connectivity index (χ2v) is 14.1. The van der Waals surface area contributed by atoms with Gasteiger partial charge in [0.05, 0.1) is 35.4 Å². The van der Waals surface area contributed by atoms with Crippen LogP contribution in [0, 0.1) is 0 Å². The Kier molecular flexibility index (Phi) is 24.4. The summed E-state index contributed by atoms with van der Waals surface area (Å²) in [5.74, 6) is -3.08. The maximum atomic E-state index is 13.5. The standard InChI is InChI=1S/C41H56N6O6.CH2O3.Tc/c48-38(22-7-2-1-3-14-28-46(30-33-18-8-11-25-42-33)31-34-19-9-12-26-43-34)44-27-13-10-20-35(39(49)47-29-15-21-37(47)41(52)53)45-36(40(50)51)24-23-32-16-5-4-6-17-32;2-1(3)4;/h4-6,8-9,11-12,16-19,25-26,35-37,45H,1-3,7,10,13-15,20-24,27-31H2,(H,44,48)(H,50,51)(H,52,53);(H2,2,3,4);/p-3/t35-,36-,37-;;/m0../s1. The number of nitrogens with zero attached hydrogens (tertiary/aromatic N) is 4. The molecule has 3 heterocycles. The molecule has 3 aromatic rings. The molecule has 1 saturated heterocycles. The first-order chi connectivity index (χ1) is 27.5. The van der Waals surface area contributed by atoms with Crippen LogP contribution in [0.1, 0.15) is 94.0 Å². The van der Waals surface area contributed by atoms with Crippen molar-refractivity contribution in [3.05, 3.63) is 96.1 Å². The van der Waals surface area contributed by atoms with Gasteiger partial charge in [-0.2, -0.15) is 0 Å². The Balaban J connectivity index is 0.00000221. The summed E-state index contributed by atoms with van der Waals surface area (Å²) in [6, 6.07) is 18.4. The number of aryl methyl sites for hydroxylation is 1. The maximum Gasteiger partial charge on any atom is 0.249 e. The molecule has 1 aromatic carbocycles. The third-order valence-electron chi connectivity index (χ3n) is 9.70. The van der Waals surface area contributed by atoms with Crippen LogP contribution >= 0.6 is 0 Å². The first kappa shape index (κ1) is 49.4. The number of unbranched alkanes of at least 4 members (excludes halogenated alkanes) is 5. The molecule has 1 radical (unpaired) electrons. The number of amides is 2. The number of carboxylic acid groups (broad SMARTS) is 4. The zero-order valence-corrected chi connectivity index (χ0v) is 34.7. The van der Waals surface area contributed by atoms with E-state index in [0.717, 1.165) is 68.7 Å². The minimum Gasteiger partial charge on any atom is -0.565 e. The van der Waals surface area contributed by atoms with Gasteiger partial charge in [-0.25, -0.2) is 0 Å². The van der Waals surface area contributed by atoms with Crippen molar-refractivity contribution in [3.8, 4) is 0 Å². The van der Waals surface area contributed by atoms with Gasteiger partial charge in [-0.1, -0.05) is 61.7 Å². The average molecular weight is 886 g/mol. The molecule has 1 aliphatic heterocycles. The molecule has 0 spiro atoms. The molecule has 317 valence electrons. The van der Waals surface area contributed by atoms with E-state index in [1.807, 2.05) is 79.1 Å². The van der Waals surface area contributed by atoms with Crippen LogP contribution < -0.4 is 26.0 Å². The van der Waals surface area contributed by atoms with Crippen molar-refractivity contribution in [3.63, 3.8) is 0 Å². The first-order valence-corrected chi connectivity index (χ1v) is 19.7. The number of carbonyl (C=O) groups excluding carboxylic acids is 4. The van der Waals surface area contributed by atoms with E-state index in [0.29, 0.717) is 51.5 Å². The fraction of sp³-hybridized carbons (Fsp3) is 0.500. The van der Waals surface area contributed by atoms with Crippen molar-refractivity contribution in [2.45, 2.75) is 115 Å².